The second-order valence-electron chi connectivity index (χ2n) is 10.6. The average molecular weight is 529 g/mol. The summed E-state index contributed by atoms with van der Waals surface area (Å²) in [4.78, 5) is 32.1. The number of carbonyl (C=O) groups excluding carboxylic acids is 2. The molecule has 0 saturated carbocycles. The summed E-state index contributed by atoms with van der Waals surface area (Å²) in [6.07, 6.45) is 12.2. The zero-order chi connectivity index (χ0) is 27.2. The molecule has 40 heavy (non-hydrogen) atoms. The Balaban J connectivity index is 1.44. The molecule has 198 valence electrons. The average Bonchev–Trinajstić information content (AvgIpc) is 3.61. The fourth-order valence-electron chi connectivity index (χ4n) is 6.37. The van der Waals surface area contributed by atoms with Gasteiger partial charge in [0, 0.05) is 54.3 Å². The molecule has 4 heterocycles. The highest BCUT2D eigenvalue weighted by Crippen LogP contribution is 2.45. The van der Waals surface area contributed by atoms with Crippen molar-refractivity contribution in [2.75, 3.05) is 13.2 Å². The monoisotopic (exact) mass is 528 g/mol. The Bertz CT molecular complexity index is 1690. The number of nitriles is 1. The number of hydrogen-bond donors (Lipinski definition) is 0. The molecule has 2 amide bonds. The molecule has 4 bridgehead atoms. The molecule has 7 rings (SSSR count). The number of rotatable bonds is 2. The van der Waals surface area contributed by atoms with Gasteiger partial charge in [-0.3, -0.25) is 14.5 Å². The van der Waals surface area contributed by atoms with Crippen LogP contribution in [-0.2, 0) is 27.4 Å². The lowest BCUT2D eigenvalue weighted by Gasteiger charge is -2.28. The number of benzene rings is 2. The molecule has 3 aromatic rings. The standard InChI is InChI=1S/C33H28N4O3/c34-18-23-14-15-35-20-26(24-10-4-6-12-28(24)35)30-31(33(39)37(32(30)38)19-22-8-2-1-3-9-22)27-21-36(16-17-40-23)29-13-7-5-11-25(27)29/h1-13,20-21,23,25,29H,14-17,19H2/t23-,25?,29?/m1/s1. The largest absolute Gasteiger partial charge is 0.367 e. The summed E-state index contributed by atoms with van der Waals surface area (Å²) in [7, 11) is 0. The normalized spacial score (nSPS) is 24.2. The number of nitrogens with zero attached hydrogens (tertiary/aromatic N) is 4. The third kappa shape index (κ3) is 3.92. The van der Waals surface area contributed by atoms with E-state index < -0.39 is 6.10 Å². The van der Waals surface area contributed by atoms with Crippen LogP contribution in [0.4, 0.5) is 0 Å². The zero-order valence-corrected chi connectivity index (χ0v) is 21.9. The van der Waals surface area contributed by atoms with Crippen molar-refractivity contribution >= 4 is 28.3 Å². The molecule has 3 aliphatic heterocycles. The smallest absolute Gasteiger partial charge is 0.262 e. The van der Waals surface area contributed by atoms with E-state index in [0.717, 1.165) is 27.6 Å². The number of para-hydroxylation sites is 1. The highest BCUT2D eigenvalue weighted by molar-refractivity contribution is 6.38. The van der Waals surface area contributed by atoms with Gasteiger partial charge in [0.05, 0.1) is 36.4 Å². The zero-order valence-electron chi connectivity index (χ0n) is 21.9. The van der Waals surface area contributed by atoms with Crippen LogP contribution in [0.2, 0.25) is 0 Å². The third-order valence-corrected chi connectivity index (χ3v) is 8.30. The molecule has 4 aliphatic rings. The van der Waals surface area contributed by atoms with Crippen LogP contribution in [0.1, 0.15) is 17.5 Å². The van der Waals surface area contributed by atoms with Gasteiger partial charge in [0.1, 0.15) is 6.10 Å². The van der Waals surface area contributed by atoms with Gasteiger partial charge in [-0.15, -0.1) is 0 Å². The van der Waals surface area contributed by atoms with Crippen LogP contribution in [-0.4, -0.2) is 51.5 Å². The van der Waals surface area contributed by atoms with Gasteiger partial charge in [0.25, 0.3) is 11.8 Å². The number of aryl methyl sites for hydroxylation is 1. The van der Waals surface area contributed by atoms with Crippen LogP contribution >= 0.6 is 0 Å². The van der Waals surface area contributed by atoms with E-state index in [1.54, 1.807) is 0 Å². The SMILES string of the molecule is N#C[C@H]1CCn2cc(c3ccccc32)C2=C(C(=O)N(Cc3ccccc3)C2=O)C2=CN(CCO1)C1C=CC=CC21. The summed E-state index contributed by atoms with van der Waals surface area (Å²) in [6.45, 7) is 1.73. The predicted molar refractivity (Wildman–Crippen MR) is 151 cm³/mol. The summed E-state index contributed by atoms with van der Waals surface area (Å²) in [5.74, 6) is -0.611. The number of ether oxygens (including phenoxy) is 1. The minimum atomic E-state index is -0.540. The van der Waals surface area contributed by atoms with Gasteiger partial charge in [-0.25, -0.2) is 0 Å². The molecular weight excluding hydrogens is 500 g/mol. The minimum Gasteiger partial charge on any atom is -0.367 e. The molecule has 3 atom stereocenters. The maximum absolute atomic E-state index is 14.3. The van der Waals surface area contributed by atoms with Crippen molar-refractivity contribution in [1.82, 2.24) is 14.4 Å². The number of allylic oxidation sites excluding steroid dienone is 2. The summed E-state index contributed by atoms with van der Waals surface area (Å²) >= 11 is 0. The number of imide groups is 1. The second-order valence-corrected chi connectivity index (χ2v) is 10.6. The Morgan fingerprint density at radius 3 is 2.55 bits per heavy atom. The van der Waals surface area contributed by atoms with E-state index in [1.165, 1.54) is 4.90 Å². The van der Waals surface area contributed by atoms with Gasteiger partial charge in [-0.1, -0.05) is 72.8 Å². The molecule has 0 radical (unpaired) electrons. The van der Waals surface area contributed by atoms with Gasteiger partial charge in [0.2, 0.25) is 0 Å². The van der Waals surface area contributed by atoms with Gasteiger partial charge in [-0.05, 0) is 17.2 Å². The van der Waals surface area contributed by atoms with Gasteiger partial charge in [-0.2, -0.15) is 5.26 Å². The van der Waals surface area contributed by atoms with Crippen molar-refractivity contribution in [2.45, 2.75) is 31.7 Å². The van der Waals surface area contributed by atoms with Gasteiger partial charge < -0.3 is 14.2 Å². The van der Waals surface area contributed by atoms with E-state index in [-0.39, 0.29) is 30.3 Å². The number of carbonyl (C=O) groups is 2. The molecule has 1 aliphatic carbocycles. The third-order valence-electron chi connectivity index (χ3n) is 8.30. The number of amides is 2. The van der Waals surface area contributed by atoms with Crippen LogP contribution in [0.25, 0.3) is 16.5 Å². The maximum atomic E-state index is 14.3. The number of fused-ring (bicyclic) bond motifs is 11. The first kappa shape index (κ1) is 24.4. The lowest BCUT2D eigenvalue weighted by Crippen LogP contribution is -2.34. The molecular formula is C33H28N4O3. The van der Waals surface area contributed by atoms with Crippen LogP contribution in [0.5, 0.6) is 0 Å². The predicted octanol–water partition coefficient (Wildman–Crippen LogP) is 4.59. The second kappa shape index (κ2) is 9.82. The van der Waals surface area contributed by atoms with Crippen LogP contribution in [0.3, 0.4) is 0 Å². The molecule has 0 saturated heterocycles. The summed E-state index contributed by atoms with van der Waals surface area (Å²) < 4.78 is 8.08. The van der Waals surface area contributed by atoms with Crippen molar-refractivity contribution in [3.05, 3.63) is 114 Å². The van der Waals surface area contributed by atoms with Crippen molar-refractivity contribution in [2.24, 2.45) is 5.92 Å². The highest BCUT2D eigenvalue weighted by atomic mass is 16.5. The first-order chi connectivity index (χ1) is 19.6. The molecule has 0 N–H and O–H groups in total. The summed E-state index contributed by atoms with van der Waals surface area (Å²) in [5, 5.41) is 10.7. The molecule has 1 aromatic heterocycles. The Labute approximate surface area is 232 Å². The quantitative estimate of drug-likeness (QED) is 0.455. The maximum Gasteiger partial charge on any atom is 0.262 e. The molecule has 0 spiro atoms. The summed E-state index contributed by atoms with van der Waals surface area (Å²) in [6, 6.07) is 19.9. The van der Waals surface area contributed by atoms with E-state index in [1.807, 2.05) is 79.1 Å². The van der Waals surface area contributed by atoms with Crippen molar-refractivity contribution in [3.8, 4) is 6.07 Å². The number of hydrogen-bond acceptors (Lipinski definition) is 5. The van der Waals surface area contributed by atoms with Crippen LogP contribution < -0.4 is 0 Å². The van der Waals surface area contributed by atoms with Crippen molar-refractivity contribution < 1.29 is 14.3 Å². The van der Waals surface area contributed by atoms with Crippen LogP contribution in [0.15, 0.2) is 102 Å². The van der Waals surface area contributed by atoms with E-state index in [2.05, 4.69) is 27.7 Å². The van der Waals surface area contributed by atoms with E-state index in [9.17, 15) is 14.9 Å². The van der Waals surface area contributed by atoms with E-state index in [4.69, 9.17) is 4.74 Å². The minimum absolute atomic E-state index is 0.00966. The molecule has 2 unspecified atom stereocenters. The lowest BCUT2D eigenvalue weighted by atomic mass is 9.84. The summed E-state index contributed by atoms with van der Waals surface area (Å²) in [5.41, 5.74) is 4.39. The fourth-order valence-corrected chi connectivity index (χ4v) is 6.37. The van der Waals surface area contributed by atoms with Crippen molar-refractivity contribution in [1.29, 1.82) is 5.26 Å². The Kier molecular flexibility index (Phi) is 5.98. The topological polar surface area (TPSA) is 78.6 Å². The van der Waals surface area contributed by atoms with E-state index >= 15 is 0 Å². The first-order valence-electron chi connectivity index (χ1n) is 13.7. The van der Waals surface area contributed by atoms with Crippen LogP contribution in [0, 0.1) is 17.2 Å². The Morgan fingerprint density at radius 2 is 1.70 bits per heavy atom. The molecule has 7 nitrogen and oxygen atoms in total. The first-order valence-corrected chi connectivity index (χ1v) is 13.7. The van der Waals surface area contributed by atoms with Gasteiger partial charge in [0.15, 0.2) is 0 Å². The Morgan fingerprint density at radius 1 is 0.925 bits per heavy atom. The van der Waals surface area contributed by atoms with Gasteiger partial charge >= 0.3 is 0 Å². The fraction of sp³-hybridized carbons (Fsp3) is 0.242. The highest BCUT2D eigenvalue weighted by Gasteiger charge is 2.46. The molecule has 2 aromatic carbocycles. The molecule has 0 fully saturated rings. The molecule has 7 heteroatoms. The van der Waals surface area contributed by atoms with Crippen molar-refractivity contribution in [3.63, 3.8) is 0 Å². The van der Waals surface area contributed by atoms with E-state index in [0.29, 0.717) is 37.3 Å². The lowest BCUT2D eigenvalue weighted by molar-refractivity contribution is -0.137. The number of aromatic nitrogens is 1. The Hall–Kier alpha value is -4.67.